The first-order valence-corrected chi connectivity index (χ1v) is 5.84. The van der Waals surface area contributed by atoms with Gasteiger partial charge in [-0.2, -0.15) is 0 Å². The second kappa shape index (κ2) is 5.46. The van der Waals surface area contributed by atoms with Gasteiger partial charge >= 0.3 is 0 Å². The molecule has 5 N–H and O–H groups in total. The summed E-state index contributed by atoms with van der Waals surface area (Å²) in [4.78, 5) is 8.09. The van der Waals surface area contributed by atoms with Crippen molar-refractivity contribution >= 4 is 17.3 Å². The molecule has 1 heterocycles. The van der Waals surface area contributed by atoms with Crippen LogP contribution in [0.2, 0.25) is 0 Å². The molecule has 0 atom stereocenters. The molecule has 0 fully saturated rings. The van der Waals surface area contributed by atoms with Crippen molar-refractivity contribution in [2.24, 2.45) is 5.73 Å². The van der Waals surface area contributed by atoms with Crippen molar-refractivity contribution in [3.63, 3.8) is 0 Å². The number of hydrogen-bond acceptors (Lipinski definition) is 5. The van der Waals surface area contributed by atoms with Crippen molar-refractivity contribution in [2.45, 2.75) is 13.3 Å². The smallest absolute Gasteiger partial charge is 0.220 e. The molecule has 0 radical (unpaired) electrons. The fourth-order valence-electron chi connectivity index (χ4n) is 1.73. The summed E-state index contributed by atoms with van der Waals surface area (Å²) in [6.07, 6.45) is 2.56. The molecule has 0 aliphatic carbocycles. The Balaban J connectivity index is 2.20. The maximum absolute atomic E-state index is 5.55. The van der Waals surface area contributed by atoms with E-state index in [1.165, 1.54) is 5.56 Å². The molecular weight excluding hydrogens is 226 g/mol. The van der Waals surface area contributed by atoms with Crippen molar-refractivity contribution in [3.05, 3.63) is 41.7 Å². The van der Waals surface area contributed by atoms with E-state index in [1.54, 1.807) is 6.20 Å². The fourth-order valence-corrected chi connectivity index (χ4v) is 1.73. The highest BCUT2D eigenvalue weighted by atomic mass is 15.0. The first-order valence-electron chi connectivity index (χ1n) is 5.84. The van der Waals surface area contributed by atoms with Gasteiger partial charge in [-0.3, -0.25) is 0 Å². The molecule has 0 saturated heterocycles. The number of aromatic nitrogens is 2. The van der Waals surface area contributed by atoms with Gasteiger partial charge in [0.1, 0.15) is 0 Å². The highest BCUT2D eigenvalue weighted by Gasteiger charge is 2.02. The first-order chi connectivity index (χ1) is 8.69. The van der Waals surface area contributed by atoms with Crippen LogP contribution >= 0.6 is 0 Å². The summed E-state index contributed by atoms with van der Waals surface area (Å²) in [5.41, 5.74) is 15.0. The second-order valence-corrected chi connectivity index (χ2v) is 4.09. The van der Waals surface area contributed by atoms with E-state index in [1.807, 2.05) is 19.1 Å². The van der Waals surface area contributed by atoms with Crippen LogP contribution in [-0.2, 0) is 6.42 Å². The Morgan fingerprint density at radius 3 is 2.89 bits per heavy atom. The Bertz CT molecular complexity index is 539. The number of aryl methyl sites for hydroxylation is 1. The third kappa shape index (κ3) is 2.95. The third-order valence-corrected chi connectivity index (χ3v) is 2.64. The highest BCUT2D eigenvalue weighted by molar-refractivity contribution is 5.61. The van der Waals surface area contributed by atoms with E-state index in [4.69, 9.17) is 11.5 Å². The topological polar surface area (TPSA) is 89.8 Å². The third-order valence-electron chi connectivity index (χ3n) is 2.64. The summed E-state index contributed by atoms with van der Waals surface area (Å²) in [5.74, 6) is 0.287. The van der Waals surface area contributed by atoms with Crippen molar-refractivity contribution in [1.82, 2.24) is 9.97 Å². The van der Waals surface area contributed by atoms with E-state index in [-0.39, 0.29) is 5.95 Å². The predicted molar refractivity (Wildman–Crippen MR) is 73.7 cm³/mol. The predicted octanol–water partition coefficient (Wildman–Crippen LogP) is 1.61. The summed E-state index contributed by atoms with van der Waals surface area (Å²) in [6.45, 7) is 2.54. The van der Waals surface area contributed by atoms with Crippen LogP contribution in [0.3, 0.4) is 0 Å². The molecule has 2 aromatic rings. The van der Waals surface area contributed by atoms with E-state index in [0.717, 1.165) is 23.5 Å². The molecular formula is C13H17N5. The number of rotatable bonds is 4. The van der Waals surface area contributed by atoms with E-state index in [9.17, 15) is 0 Å². The SMILES string of the molecule is Cc1nc(N)ncc1Nc1cccc(CCN)c1. The van der Waals surface area contributed by atoms with Gasteiger partial charge in [-0.25, -0.2) is 9.97 Å². The Hall–Kier alpha value is -2.14. The number of anilines is 3. The maximum atomic E-state index is 5.55. The van der Waals surface area contributed by atoms with Crippen LogP contribution in [0.25, 0.3) is 0 Å². The number of nitrogens with two attached hydrogens (primary N) is 2. The minimum absolute atomic E-state index is 0.287. The lowest BCUT2D eigenvalue weighted by molar-refractivity contribution is 0.969. The van der Waals surface area contributed by atoms with Gasteiger partial charge in [-0.15, -0.1) is 0 Å². The Morgan fingerprint density at radius 1 is 1.33 bits per heavy atom. The van der Waals surface area contributed by atoms with Gasteiger partial charge in [0, 0.05) is 5.69 Å². The first kappa shape index (κ1) is 12.3. The molecule has 1 aromatic heterocycles. The van der Waals surface area contributed by atoms with Crippen molar-refractivity contribution in [3.8, 4) is 0 Å². The molecule has 0 amide bonds. The van der Waals surface area contributed by atoms with Gasteiger partial charge in [0.2, 0.25) is 5.95 Å². The van der Waals surface area contributed by atoms with Crippen LogP contribution in [0.1, 0.15) is 11.3 Å². The molecule has 0 saturated carbocycles. The molecule has 0 spiro atoms. The van der Waals surface area contributed by atoms with E-state index >= 15 is 0 Å². The van der Waals surface area contributed by atoms with E-state index in [2.05, 4.69) is 27.4 Å². The zero-order valence-corrected chi connectivity index (χ0v) is 10.4. The van der Waals surface area contributed by atoms with Crippen LogP contribution in [-0.4, -0.2) is 16.5 Å². The summed E-state index contributed by atoms with van der Waals surface area (Å²) in [5, 5.41) is 3.28. The van der Waals surface area contributed by atoms with Crippen molar-refractivity contribution in [2.75, 3.05) is 17.6 Å². The molecule has 1 aromatic carbocycles. The number of hydrogen-bond donors (Lipinski definition) is 3. The van der Waals surface area contributed by atoms with Crippen LogP contribution in [0, 0.1) is 6.92 Å². The summed E-state index contributed by atoms with van der Waals surface area (Å²) in [6, 6.07) is 8.13. The Kier molecular flexibility index (Phi) is 3.74. The quantitative estimate of drug-likeness (QED) is 0.759. The molecule has 2 rings (SSSR count). The maximum Gasteiger partial charge on any atom is 0.220 e. The van der Waals surface area contributed by atoms with Crippen LogP contribution in [0.15, 0.2) is 30.5 Å². The van der Waals surface area contributed by atoms with Gasteiger partial charge in [-0.05, 0) is 37.6 Å². The summed E-state index contributed by atoms with van der Waals surface area (Å²) >= 11 is 0. The van der Waals surface area contributed by atoms with Gasteiger partial charge in [0.25, 0.3) is 0 Å². The van der Waals surface area contributed by atoms with Gasteiger partial charge in [0.05, 0.1) is 17.6 Å². The standard InChI is InChI=1S/C13H17N5/c1-9-12(8-16-13(15)17-9)18-11-4-2-3-10(7-11)5-6-14/h2-4,7-8,18H,5-6,14H2,1H3,(H2,15,16,17). The molecule has 5 nitrogen and oxygen atoms in total. The number of nitrogen functional groups attached to an aromatic ring is 1. The van der Waals surface area contributed by atoms with Gasteiger partial charge in [0.15, 0.2) is 0 Å². The van der Waals surface area contributed by atoms with Gasteiger partial charge in [-0.1, -0.05) is 12.1 Å². The van der Waals surface area contributed by atoms with Crippen LogP contribution < -0.4 is 16.8 Å². The van der Waals surface area contributed by atoms with E-state index in [0.29, 0.717) is 6.54 Å². The van der Waals surface area contributed by atoms with Crippen molar-refractivity contribution < 1.29 is 0 Å². The molecule has 0 aliphatic heterocycles. The normalized spacial score (nSPS) is 10.3. The van der Waals surface area contributed by atoms with Gasteiger partial charge < -0.3 is 16.8 Å². The van der Waals surface area contributed by atoms with Crippen molar-refractivity contribution in [1.29, 1.82) is 0 Å². The molecule has 0 aliphatic rings. The van der Waals surface area contributed by atoms with E-state index < -0.39 is 0 Å². The average Bonchev–Trinajstić information content (AvgIpc) is 2.34. The molecule has 5 heteroatoms. The molecule has 94 valence electrons. The number of nitrogens with one attached hydrogen (secondary N) is 1. The van der Waals surface area contributed by atoms with Crippen LogP contribution in [0.5, 0.6) is 0 Å². The summed E-state index contributed by atoms with van der Waals surface area (Å²) in [7, 11) is 0. The minimum atomic E-state index is 0.287. The minimum Gasteiger partial charge on any atom is -0.368 e. The molecule has 0 unspecified atom stereocenters. The zero-order chi connectivity index (χ0) is 13.0. The monoisotopic (exact) mass is 243 g/mol. The molecule has 18 heavy (non-hydrogen) atoms. The largest absolute Gasteiger partial charge is 0.368 e. The Labute approximate surface area is 106 Å². The fraction of sp³-hybridized carbons (Fsp3) is 0.231. The summed E-state index contributed by atoms with van der Waals surface area (Å²) < 4.78 is 0. The number of benzene rings is 1. The highest BCUT2D eigenvalue weighted by Crippen LogP contribution is 2.19. The lowest BCUT2D eigenvalue weighted by Gasteiger charge is -2.10. The average molecular weight is 243 g/mol. The lowest BCUT2D eigenvalue weighted by atomic mass is 10.1. The lowest BCUT2D eigenvalue weighted by Crippen LogP contribution is -2.04. The molecule has 0 bridgehead atoms. The zero-order valence-electron chi connectivity index (χ0n) is 10.4. The number of nitrogens with zero attached hydrogens (tertiary/aromatic N) is 2. The Morgan fingerprint density at radius 2 is 2.17 bits per heavy atom. The second-order valence-electron chi connectivity index (χ2n) is 4.09. The van der Waals surface area contributed by atoms with Crippen LogP contribution in [0.4, 0.5) is 17.3 Å².